The maximum Gasteiger partial charge on any atom is 0.144 e. The second-order valence-electron chi connectivity index (χ2n) is 3.05. The van der Waals surface area contributed by atoms with Crippen LogP contribution in [0.1, 0.15) is 5.56 Å². The van der Waals surface area contributed by atoms with E-state index in [2.05, 4.69) is 5.10 Å². The first-order chi connectivity index (χ1) is 6.09. The summed E-state index contributed by atoms with van der Waals surface area (Å²) in [6, 6.07) is 1.42. The molecule has 0 fully saturated rings. The number of aromatic nitrogens is 2. The second kappa shape index (κ2) is 2.70. The van der Waals surface area contributed by atoms with E-state index in [9.17, 15) is 4.39 Å². The molecule has 0 unspecified atom stereocenters. The van der Waals surface area contributed by atoms with E-state index in [0.29, 0.717) is 5.52 Å². The zero-order valence-electron chi connectivity index (χ0n) is 7.31. The van der Waals surface area contributed by atoms with Crippen LogP contribution in [0.2, 0.25) is 5.02 Å². The first kappa shape index (κ1) is 8.51. The molecule has 0 aliphatic rings. The van der Waals surface area contributed by atoms with Crippen molar-refractivity contribution in [2.45, 2.75) is 6.92 Å². The Bertz CT molecular complexity index is 476. The van der Waals surface area contributed by atoms with E-state index >= 15 is 0 Å². The van der Waals surface area contributed by atoms with Crippen molar-refractivity contribution < 1.29 is 4.39 Å². The SMILES string of the molecule is Cc1cc(F)c(Cl)c2nn(C)cc12. The van der Waals surface area contributed by atoms with Gasteiger partial charge in [-0.2, -0.15) is 5.10 Å². The fraction of sp³-hybridized carbons (Fsp3) is 0.222. The van der Waals surface area contributed by atoms with Crippen LogP contribution in [0.5, 0.6) is 0 Å². The van der Waals surface area contributed by atoms with Crippen LogP contribution >= 0.6 is 11.6 Å². The second-order valence-corrected chi connectivity index (χ2v) is 3.43. The van der Waals surface area contributed by atoms with Crippen LogP contribution in [-0.4, -0.2) is 9.78 Å². The summed E-state index contributed by atoms with van der Waals surface area (Å²) in [5, 5.41) is 5.07. The van der Waals surface area contributed by atoms with Gasteiger partial charge in [0.05, 0.1) is 0 Å². The Balaban J connectivity index is 2.95. The van der Waals surface area contributed by atoms with Crippen LogP contribution in [0.25, 0.3) is 10.9 Å². The van der Waals surface area contributed by atoms with Gasteiger partial charge in [0.2, 0.25) is 0 Å². The number of aryl methyl sites for hydroxylation is 2. The summed E-state index contributed by atoms with van der Waals surface area (Å²) in [4.78, 5) is 0. The van der Waals surface area contributed by atoms with Gasteiger partial charge < -0.3 is 0 Å². The van der Waals surface area contributed by atoms with E-state index < -0.39 is 5.82 Å². The molecular weight excluding hydrogens is 191 g/mol. The monoisotopic (exact) mass is 198 g/mol. The lowest BCUT2D eigenvalue weighted by atomic mass is 10.1. The molecule has 0 bridgehead atoms. The number of fused-ring (bicyclic) bond motifs is 1. The van der Waals surface area contributed by atoms with Crippen molar-refractivity contribution in [3.63, 3.8) is 0 Å². The summed E-state index contributed by atoms with van der Waals surface area (Å²) >= 11 is 5.76. The van der Waals surface area contributed by atoms with Crippen LogP contribution in [0.15, 0.2) is 12.3 Å². The highest BCUT2D eigenvalue weighted by Crippen LogP contribution is 2.27. The first-order valence-electron chi connectivity index (χ1n) is 3.87. The van der Waals surface area contributed by atoms with Crippen molar-refractivity contribution in [1.29, 1.82) is 0 Å². The van der Waals surface area contributed by atoms with E-state index in [4.69, 9.17) is 11.6 Å². The normalized spacial score (nSPS) is 11.1. The third-order valence-electron chi connectivity index (χ3n) is 2.01. The number of hydrogen-bond acceptors (Lipinski definition) is 1. The van der Waals surface area contributed by atoms with Crippen LogP contribution in [0.3, 0.4) is 0 Å². The number of rotatable bonds is 0. The van der Waals surface area contributed by atoms with Gasteiger partial charge >= 0.3 is 0 Å². The van der Waals surface area contributed by atoms with Gasteiger partial charge in [-0.25, -0.2) is 4.39 Å². The van der Waals surface area contributed by atoms with Gasteiger partial charge in [-0.1, -0.05) is 11.6 Å². The number of benzene rings is 1. The molecule has 0 aliphatic heterocycles. The van der Waals surface area contributed by atoms with Crippen molar-refractivity contribution in [1.82, 2.24) is 9.78 Å². The third-order valence-corrected chi connectivity index (χ3v) is 2.37. The largest absolute Gasteiger partial charge is 0.275 e. The maximum absolute atomic E-state index is 13.1. The lowest BCUT2D eigenvalue weighted by molar-refractivity contribution is 0.628. The molecule has 68 valence electrons. The molecule has 0 saturated heterocycles. The minimum absolute atomic E-state index is 0.0983. The van der Waals surface area contributed by atoms with Gasteiger partial charge in [0, 0.05) is 18.6 Å². The van der Waals surface area contributed by atoms with Gasteiger partial charge in [-0.05, 0) is 18.6 Å². The molecule has 2 aromatic rings. The lowest BCUT2D eigenvalue weighted by Gasteiger charge is -1.97. The van der Waals surface area contributed by atoms with Crippen molar-refractivity contribution in [2.24, 2.45) is 7.05 Å². The maximum atomic E-state index is 13.1. The van der Waals surface area contributed by atoms with Crippen LogP contribution in [0, 0.1) is 12.7 Å². The Morgan fingerprint density at radius 2 is 2.23 bits per heavy atom. The summed E-state index contributed by atoms with van der Waals surface area (Å²) in [7, 11) is 1.79. The molecule has 2 rings (SSSR count). The molecular formula is C9H8ClFN2. The van der Waals surface area contributed by atoms with E-state index in [-0.39, 0.29) is 5.02 Å². The highest BCUT2D eigenvalue weighted by molar-refractivity contribution is 6.35. The molecule has 1 heterocycles. The molecule has 0 atom stereocenters. The Morgan fingerprint density at radius 1 is 1.54 bits per heavy atom. The highest BCUT2D eigenvalue weighted by atomic mass is 35.5. The quantitative estimate of drug-likeness (QED) is 0.637. The molecule has 0 aliphatic carbocycles. The minimum atomic E-state index is -0.412. The predicted molar refractivity (Wildman–Crippen MR) is 50.4 cm³/mol. The van der Waals surface area contributed by atoms with E-state index in [1.807, 2.05) is 13.1 Å². The van der Waals surface area contributed by atoms with Gasteiger partial charge in [0.15, 0.2) is 0 Å². The molecule has 13 heavy (non-hydrogen) atoms. The number of halogens is 2. The highest BCUT2D eigenvalue weighted by Gasteiger charge is 2.10. The fourth-order valence-corrected chi connectivity index (χ4v) is 1.58. The molecule has 0 amide bonds. The van der Waals surface area contributed by atoms with Crippen molar-refractivity contribution in [3.8, 4) is 0 Å². The molecule has 0 N–H and O–H groups in total. The van der Waals surface area contributed by atoms with Crippen LogP contribution < -0.4 is 0 Å². The first-order valence-corrected chi connectivity index (χ1v) is 4.25. The minimum Gasteiger partial charge on any atom is -0.275 e. The molecule has 2 nitrogen and oxygen atoms in total. The van der Waals surface area contributed by atoms with E-state index in [0.717, 1.165) is 10.9 Å². The van der Waals surface area contributed by atoms with Crippen molar-refractivity contribution in [3.05, 3.63) is 28.7 Å². The topological polar surface area (TPSA) is 17.8 Å². The summed E-state index contributed by atoms with van der Waals surface area (Å²) in [6.07, 6.45) is 1.83. The summed E-state index contributed by atoms with van der Waals surface area (Å²) < 4.78 is 14.8. The molecule has 0 radical (unpaired) electrons. The third kappa shape index (κ3) is 1.20. The Labute approximate surface area is 79.9 Å². The van der Waals surface area contributed by atoms with Crippen molar-refractivity contribution >= 4 is 22.5 Å². The molecule has 1 aromatic carbocycles. The summed E-state index contributed by atoms with van der Waals surface area (Å²) in [5.41, 5.74) is 1.38. The standard InChI is InChI=1S/C9H8ClFN2/c1-5-3-7(11)8(10)9-6(5)4-13(2)12-9/h3-4H,1-2H3. The number of hydrogen-bond donors (Lipinski definition) is 0. The molecule has 4 heteroatoms. The lowest BCUT2D eigenvalue weighted by Crippen LogP contribution is -1.86. The zero-order valence-corrected chi connectivity index (χ0v) is 8.06. The average molecular weight is 199 g/mol. The Morgan fingerprint density at radius 3 is 2.92 bits per heavy atom. The van der Waals surface area contributed by atoms with E-state index in [1.54, 1.807) is 11.7 Å². The van der Waals surface area contributed by atoms with Crippen molar-refractivity contribution in [2.75, 3.05) is 0 Å². The Hall–Kier alpha value is -1.09. The summed E-state index contributed by atoms with van der Waals surface area (Å²) in [5.74, 6) is -0.412. The Kier molecular flexibility index (Phi) is 1.77. The van der Waals surface area contributed by atoms with Gasteiger partial charge in [0.25, 0.3) is 0 Å². The predicted octanol–water partition coefficient (Wildman–Crippen LogP) is 2.67. The van der Waals surface area contributed by atoms with Gasteiger partial charge in [-0.3, -0.25) is 4.68 Å². The summed E-state index contributed by atoms with van der Waals surface area (Å²) in [6.45, 7) is 1.84. The fourth-order valence-electron chi connectivity index (χ4n) is 1.38. The molecule has 1 aromatic heterocycles. The van der Waals surface area contributed by atoms with Crippen LogP contribution in [-0.2, 0) is 7.05 Å². The van der Waals surface area contributed by atoms with Gasteiger partial charge in [0.1, 0.15) is 16.4 Å². The average Bonchev–Trinajstić information content (AvgIpc) is 2.44. The molecule has 0 saturated carbocycles. The zero-order chi connectivity index (χ0) is 9.59. The number of nitrogens with zero attached hydrogens (tertiary/aromatic N) is 2. The van der Waals surface area contributed by atoms with Crippen LogP contribution in [0.4, 0.5) is 4.39 Å². The smallest absolute Gasteiger partial charge is 0.144 e. The molecule has 0 spiro atoms. The van der Waals surface area contributed by atoms with Gasteiger partial charge in [-0.15, -0.1) is 0 Å². The van der Waals surface area contributed by atoms with E-state index in [1.165, 1.54) is 6.07 Å².